The fraction of sp³-hybridized carbons (Fsp3) is 1.00. The molecule has 3 heteroatoms. The third-order valence-corrected chi connectivity index (χ3v) is 4.83. The average molecular weight is 254 g/mol. The number of hydrogen-bond acceptors (Lipinski definition) is 3. The van der Waals surface area contributed by atoms with Crippen molar-refractivity contribution in [1.29, 1.82) is 0 Å². The molecular formula is C15H30N2O. The third kappa shape index (κ3) is 3.69. The molecule has 2 unspecified atom stereocenters. The normalized spacial score (nSPS) is 29.8. The Kier molecular flexibility index (Phi) is 5.05. The summed E-state index contributed by atoms with van der Waals surface area (Å²) in [6.45, 7) is 5.80. The quantitative estimate of drug-likeness (QED) is 0.762. The first kappa shape index (κ1) is 14.3. The number of β-amino-alcohol motifs (C(OH)–C–C–N with tert-alkyl or cyclic N) is 1. The van der Waals surface area contributed by atoms with Gasteiger partial charge in [-0.1, -0.05) is 19.8 Å². The van der Waals surface area contributed by atoms with Crippen molar-refractivity contribution in [3.63, 3.8) is 0 Å². The summed E-state index contributed by atoms with van der Waals surface area (Å²) in [5, 5.41) is 10.6. The number of likely N-dealkylation sites (tertiary alicyclic amines) is 1. The van der Waals surface area contributed by atoms with E-state index in [2.05, 4.69) is 11.8 Å². The van der Waals surface area contributed by atoms with E-state index in [0.29, 0.717) is 12.5 Å². The molecule has 18 heavy (non-hydrogen) atoms. The van der Waals surface area contributed by atoms with Gasteiger partial charge in [-0.25, -0.2) is 0 Å². The van der Waals surface area contributed by atoms with E-state index >= 15 is 0 Å². The highest BCUT2D eigenvalue weighted by Gasteiger charge is 2.43. The number of nitrogens with zero attached hydrogens (tertiary/aromatic N) is 1. The molecule has 0 amide bonds. The van der Waals surface area contributed by atoms with Crippen LogP contribution in [-0.4, -0.2) is 41.8 Å². The van der Waals surface area contributed by atoms with Gasteiger partial charge in [0.1, 0.15) is 0 Å². The average Bonchev–Trinajstić information content (AvgIpc) is 3.18. The lowest BCUT2D eigenvalue weighted by Crippen LogP contribution is -2.50. The number of nitrogens with two attached hydrogens (primary N) is 1. The van der Waals surface area contributed by atoms with E-state index < -0.39 is 5.60 Å². The Hall–Kier alpha value is -0.120. The predicted octanol–water partition coefficient (Wildman–Crippen LogP) is 1.99. The van der Waals surface area contributed by atoms with Crippen LogP contribution >= 0.6 is 0 Å². The minimum Gasteiger partial charge on any atom is -0.387 e. The van der Waals surface area contributed by atoms with Crippen LogP contribution < -0.4 is 5.73 Å². The summed E-state index contributed by atoms with van der Waals surface area (Å²) in [5.41, 5.74) is 5.20. The monoisotopic (exact) mass is 254 g/mol. The van der Waals surface area contributed by atoms with Gasteiger partial charge in [-0.05, 0) is 57.0 Å². The second-order valence-electron chi connectivity index (χ2n) is 6.44. The van der Waals surface area contributed by atoms with Crippen molar-refractivity contribution in [3.8, 4) is 0 Å². The van der Waals surface area contributed by atoms with Gasteiger partial charge in [-0.3, -0.25) is 0 Å². The van der Waals surface area contributed by atoms with Crippen LogP contribution in [0.1, 0.15) is 51.9 Å². The minimum absolute atomic E-state index is 0.423. The molecule has 2 aliphatic rings. The van der Waals surface area contributed by atoms with Gasteiger partial charge in [0.05, 0.1) is 5.60 Å². The van der Waals surface area contributed by atoms with Crippen molar-refractivity contribution < 1.29 is 5.11 Å². The zero-order chi connectivity index (χ0) is 13.0. The first-order valence-corrected chi connectivity index (χ1v) is 7.82. The molecule has 3 N–H and O–H groups in total. The van der Waals surface area contributed by atoms with Crippen LogP contribution in [0.4, 0.5) is 0 Å². The van der Waals surface area contributed by atoms with Crippen LogP contribution in [0.5, 0.6) is 0 Å². The molecule has 0 aromatic carbocycles. The van der Waals surface area contributed by atoms with E-state index in [1.165, 1.54) is 44.9 Å². The van der Waals surface area contributed by atoms with Crippen molar-refractivity contribution in [2.24, 2.45) is 17.6 Å². The lowest BCUT2D eigenvalue weighted by atomic mass is 9.95. The van der Waals surface area contributed by atoms with Crippen molar-refractivity contribution in [1.82, 2.24) is 4.90 Å². The van der Waals surface area contributed by atoms with Crippen LogP contribution in [0.2, 0.25) is 0 Å². The fourth-order valence-corrected chi connectivity index (χ4v) is 3.45. The molecule has 1 saturated heterocycles. The molecule has 0 spiro atoms. The van der Waals surface area contributed by atoms with Gasteiger partial charge in [0.15, 0.2) is 0 Å². The molecule has 0 aromatic rings. The van der Waals surface area contributed by atoms with Crippen molar-refractivity contribution in [2.45, 2.75) is 57.5 Å². The molecule has 106 valence electrons. The molecule has 0 radical (unpaired) electrons. The Morgan fingerprint density at radius 3 is 2.61 bits per heavy atom. The molecule has 3 nitrogen and oxygen atoms in total. The van der Waals surface area contributed by atoms with E-state index in [4.69, 9.17) is 5.73 Å². The standard InChI is InChI=1S/C15H30N2O/c1-2-4-13-5-3-9-17(10-8-13)12-15(18,11-16)14-6-7-14/h13-14,18H,2-12,16H2,1H3. The molecule has 1 heterocycles. The molecule has 0 bridgehead atoms. The third-order valence-electron chi connectivity index (χ3n) is 4.83. The van der Waals surface area contributed by atoms with Gasteiger partial charge in [-0.15, -0.1) is 0 Å². The summed E-state index contributed by atoms with van der Waals surface area (Å²) in [7, 11) is 0. The van der Waals surface area contributed by atoms with Crippen LogP contribution in [0.3, 0.4) is 0 Å². The number of rotatable bonds is 6. The minimum atomic E-state index is -0.607. The lowest BCUT2D eigenvalue weighted by molar-refractivity contribution is -0.00770. The van der Waals surface area contributed by atoms with E-state index in [-0.39, 0.29) is 0 Å². The largest absolute Gasteiger partial charge is 0.387 e. The Balaban J connectivity index is 1.82. The van der Waals surface area contributed by atoms with Crippen LogP contribution in [-0.2, 0) is 0 Å². The molecule has 1 aliphatic carbocycles. The fourth-order valence-electron chi connectivity index (χ4n) is 3.45. The van der Waals surface area contributed by atoms with E-state index in [1.807, 2.05) is 0 Å². The van der Waals surface area contributed by atoms with Gasteiger partial charge in [0.25, 0.3) is 0 Å². The smallest absolute Gasteiger partial charge is 0.0923 e. The first-order valence-electron chi connectivity index (χ1n) is 7.82. The predicted molar refractivity (Wildman–Crippen MR) is 75.4 cm³/mol. The van der Waals surface area contributed by atoms with Gasteiger partial charge >= 0.3 is 0 Å². The molecule has 1 saturated carbocycles. The van der Waals surface area contributed by atoms with Crippen LogP contribution in [0.15, 0.2) is 0 Å². The van der Waals surface area contributed by atoms with Gasteiger partial charge in [0.2, 0.25) is 0 Å². The van der Waals surface area contributed by atoms with Crippen LogP contribution in [0, 0.1) is 11.8 Å². The second kappa shape index (κ2) is 6.36. The molecule has 0 aromatic heterocycles. The molecule has 2 fully saturated rings. The van der Waals surface area contributed by atoms with Gasteiger partial charge in [0, 0.05) is 13.1 Å². The second-order valence-corrected chi connectivity index (χ2v) is 6.44. The van der Waals surface area contributed by atoms with Gasteiger partial charge < -0.3 is 15.7 Å². The van der Waals surface area contributed by atoms with E-state index in [0.717, 1.165) is 25.6 Å². The maximum Gasteiger partial charge on any atom is 0.0923 e. The SMILES string of the molecule is CCCC1CCCN(CC(O)(CN)C2CC2)CC1. The van der Waals surface area contributed by atoms with Crippen molar-refractivity contribution in [3.05, 3.63) is 0 Å². The summed E-state index contributed by atoms with van der Waals surface area (Å²) in [4.78, 5) is 2.46. The molecule has 1 aliphatic heterocycles. The summed E-state index contributed by atoms with van der Waals surface area (Å²) < 4.78 is 0. The Morgan fingerprint density at radius 1 is 1.22 bits per heavy atom. The topological polar surface area (TPSA) is 49.5 Å². The lowest BCUT2D eigenvalue weighted by Gasteiger charge is -2.33. The van der Waals surface area contributed by atoms with Crippen molar-refractivity contribution >= 4 is 0 Å². The summed E-state index contributed by atoms with van der Waals surface area (Å²) >= 11 is 0. The summed E-state index contributed by atoms with van der Waals surface area (Å²) in [6.07, 6.45) is 8.97. The first-order chi connectivity index (χ1) is 8.68. The maximum absolute atomic E-state index is 10.6. The maximum atomic E-state index is 10.6. The Labute approximate surface area is 112 Å². The zero-order valence-corrected chi connectivity index (χ0v) is 11.9. The highest BCUT2D eigenvalue weighted by Crippen LogP contribution is 2.40. The number of hydrogen-bond donors (Lipinski definition) is 2. The molecular weight excluding hydrogens is 224 g/mol. The Bertz CT molecular complexity index is 255. The summed E-state index contributed by atoms with van der Waals surface area (Å²) in [5.74, 6) is 1.38. The zero-order valence-electron chi connectivity index (χ0n) is 11.9. The van der Waals surface area contributed by atoms with Gasteiger partial charge in [-0.2, -0.15) is 0 Å². The van der Waals surface area contributed by atoms with E-state index in [1.54, 1.807) is 0 Å². The van der Waals surface area contributed by atoms with Crippen molar-refractivity contribution in [2.75, 3.05) is 26.2 Å². The summed E-state index contributed by atoms with van der Waals surface area (Å²) in [6, 6.07) is 0. The highest BCUT2D eigenvalue weighted by molar-refractivity contribution is 4.97. The molecule has 2 atom stereocenters. The van der Waals surface area contributed by atoms with Crippen LogP contribution in [0.25, 0.3) is 0 Å². The molecule has 2 rings (SSSR count). The number of aliphatic hydroxyl groups is 1. The Morgan fingerprint density at radius 2 is 2.00 bits per heavy atom. The highest BCUT2D eigenvalue weighted by atomic mass is 16.3. The van der Waals surface area contributed by atoms with E-state index in [9.17, 15) is 5.11 Å².